The molecule has 2 rings (SSSR count). The van der Waals surface area contributed by atoms with Crippen LogP contribution in [-0.2, 0) is 14.8 Å². The Bertz CT molecular complexity index is 754. The molecule has 0 amide bonds. The highest BCUT2D eigenvalue weighted by atomic mass is 127. The van der Waals surface area contributed by atoms with Crippen LogP contribution in [0.4, 0.5) is 0 Å². The van der Waals surface area contributed by atoms with Gasteiger partial charge in [-0.25, -0.2) is 12.7 Å². The Morgan fingerprint density at radius 1 is 1.28 bits per heavy atom. The van der Waals surface area contributed by atoms with Crippen molar-refractivity contribution in [3.8, 4) is 0 Å². The Morgan fingerprint density at radius 2 is 1.97 bits per heavy atom. The number of benzene rings is 1. The van der Waals surface area contributed by atoms with Gasteiger partial charge in [0.25, 0.3) is 0 Å². The quantitative estimate of drug-likeness (QED) is 0.313. The Kier molecular flexibility index (Phi) is 11.4. The Balaban J connectivity index is 0.00000420. The molecule has 7 nitrogen and oxygen atoms in total. The molecule has 166 valence electrons. The normalized spacial score (nSPS) is 17.9. The number of aliphatic imine (C=N–C) groups is 1. The summed E-state index contributed by atoms with van der Waals surface area (Å²) in [4.78, 5) is 6.75. The van der Waals surface area contributed by atoms with Gasteiger partial charge in [-0.15, -0.1) is 24.0 Å². The summed E-state index contributed by atoms with van der Waals surface area (Å²) in [6.07, 6.45) is -0.0155. The number of hydrogen-bond donors (Lipinski definition) is 1. The lowest BCUT2D eigenvalue weighted by Crippen LogP contribution is -2.48. The van der Waals surface area contributed by atoms with E-state index in [9.17, 15) is 8.42 Å². The van der Waals surface area contributed by atoms with Gasteiger partial charge in [-0.3, -0.25) is 4.99 Å². The Morgan fingerprint density at radius 3 is 2.59 bits per heavy atom. The molecule has 1 aromatic rings. The zero-order valence-electron chi connectivity index (χ0n) is 17.9. The Labute approximate surface area is 193 Å². The maximum Gasteiger partial charge on any atom is 0.215 e. The molecule has 1 atom stereocenters. The molecule has 29 heavy (non-hydrogen) atoms. The molecule has 1 unspecified atom stereocenters. The van der Waals surface area contributed by atoms with Gasteiger partial charge in [0.05, 0.1) is 25.4 Å². The van der Waals surface area contributed by atoms with Crippen molar-refractivity contribution in [2.24, 2.45) is 4.99 Å². The monoisotopic (exact) mass is 538 g/mol. The van der Waals surface area contributed by atoms with Gasteiger partial charge < -0.3 is 15.0 Å². The van der Waals surface area contributed by atoms with Crippen LogP contribution in [0.3, 0.4) is 0 Å². The molecule has 1 aromatic carbocycles. The first-order chi connectivity index (χ1) is 13.4. The second-order valence-corrected chi connectivity index (χ2v) is 8.89. The molecule has 1 N–H and O–H groups in total. The van der Waals surface area contributed by atoms with E-state index >= 15 is 0 Å². The van der Waals surface area contributed by atoms with Crippen LogP contribution in [0.5, 0.6) is 0 Å². The number of guanidine groups is 1. The molecule has 9 heteroatoms. The fourth-order valence-electron chi connectivity index (χ4n) is 3.42. The van der Waals surface area contributed by atoms with Crippen LogP contribution < -0.4 is 5.32 Å². The first-order valence-electron chi connectivity index (χ1n) is 10.1. The average molecular weight is 538 g/mol. The van der Waals surface area contributed by atoms with Gasteiger partial charge in [0.2, 0.25) is 10.0 Å². The van der Waals surface area contributed by atoms with Crippen molar-refractivity contribution in [2.75, 3.05) is 51.6 Å². The summed E-state index contributed by atoms with van der Waals surface area (Å²) < 4.78 is 32.3. The highest BCUT2D eigenvalue weighted by molar-refractivity contribution is 14.0. The number of sulfonamides is 1. The van der Waals surface area contributed by atoms with Gasteiger partial charge >= 0.3 is 0 Å². The molecule has 0 aliphatic carbocycles. The van der Waals surface area contributed by atoms with Gasteiger partial charge in [-0.05, 0) is 25.0 Å². The second-order valence-electron chi connectivity index (χ2n) is 6.80. The molecule has 1 saturated heterocycles. The zero-order chi connectivity index (χ0) is 20.6. The van der Waals surface area contributed by atoms with Crippen LogP contribution in [0.1, 0.15) is 38.0 Å². The van der Waals surface area contributed by atoms with Crippen LogP contribution in [0.15, 0.2) is 29.3 Å². The lowest BCUT2D eigenvalue weighted by atomic mass is 10.0. The summed E-state index contributed by atoms with van der Waals surface area (Å²) in [5.74, 6) is 0.772. The van der Waals surface area contributed by atoms with E-state index in [0.29, 0.717) is 26.2 Å². The lowest BCUT2D eigenvalue weighted by molar-refractivity contribution is -0.00831. The lowest BCUT2D eigenvalue weighted by Gasteiger charge is -2.35. The number of nitrogens with one attached hydrogen (secondary N) is 1. The van der Waals surface area contributed by atoms with E-state index in [1.54, 1.807) is 0 Å². The number of morpholine rings is 1. The minimum Gasteiger partial charge on any atom is -0.370 e. The van der Waals surface area contributed by atoms with Gasteiger partial charge in [-0.2, -0.15) is 0 Å². The van der Waals surface area contributed by atoms with Crippen molar-refractivity contribution < 1.29 is 13.2 Å². The van der Waals surface area contributed by atoms with Crippen LogP contribution in [-0.4, -0.2) is 75.2 Å². The van der Waals surface area contributed by atoms with Crippen LogP contribution in [0.25, 0.3) is 0 Å². The second kappa shape index (κ2) is 12.7. The summed E-state index contributed by atoms with van der Waals surface area (Å²) in [5, 5.41) is 3.29. The zero-order valence-corrected chi connectivity index (χ0v) is 21.1. The van der Waals surface area contributed by atoms with E-state index in [1.165, 1.54) is 15.4 Å². The van der Waals surface area contributed by atoms with Crippen molar-refractivity contribution >= 4 is 40.0 Å². The number of aryl methyl sites for hydroxylation is 1. The average Bonchev–Trinajstić information content (AvgIpc) is 2.68. The van der Waals surface area contributed by atoms with Crippen LogP contribution >= 0.6 is 24.0 Å². The van der Waals surface area contributed by atoms with Gasteiger partial charge in [0, 0.05) is 26.2 Å². The summed E-state index contributed by atoms with van der Waals surface area (Å²) in [6.45, 7) is 11.8. The predicted octanol–water partition coefficient (Wildman–Crippen LogP) is 2.62. The minimum atomic E-state index is -3.27. The summed E-state index contributed by atoms with van der Waals surface area (Å²) in [7, 11) is -3.27. The number of rotatable bonds is 8. The molecule has 0 bridgehead atoms. The summed E-state index contributed by atoms with van der Waals surface area (Å²) >= 11 is 0. The Hall–Kier alpha value is -0.910. The van der Waals surface area contributed by atoms with Crippen molar-refractivity contribution in [1.82, 2.24) is 14.5 Å². The van der Waals surface area contributed by atoms with Crippen molar-refractivity contribution in [2.45, 2.75) is 33.8 Å². The topological polar surface area (TPSA) is 74.2 Å². The molecule has 0 aromatic heterocycles. The summed E-state index contributed by atoms with van der Waals surface area (Å²) in [6, 6.07) is 8.25. The van der Waals surface area contributed by atoms with E-state index in [-0.39, 0.29) is 42.4 Å². The third kappa shape index (κ3) is 7.37. The van der Waals surface area contributed by atoms with Crippen molar-refractivity contribution in [3.05, 3.63) is 35.4 Å². The summed E-state index contributed by atoms with van der Waals surface area (Å²) in [5.41, 5.74) is 2.40. The molecule has 0 radical (unpaired) electrons. The first kappa shape index (κ1) is 26.1. The maximum atomic E-state index is 12.4. The first-order valence-corrected chi connectivity index (χ1v) is 11.7. The fourth-order valence-corrected chi connectivity index (χ4v) is 4.78. The SMILES string of the molecule is CCNC(=NCCS(=O)(=O)N(CC)CC)N1CCOC(c2ccccc2C)C1.I. The molecular formula is C20H35IN4O3S. The van der Waals surface area contributed by atoms with E-state index < -0.39 is 10.0 Å². The van der Waals surface area contributed by atoms with Crippen LogP contribution in [0, 0.1) is 6.92 Å². The van der Waals surface area contributed by atoms with Gasteiger partial charge in [0.1, 0.15) is 6.10 Å². The molecular weight excluding hydrogens is 503 g/mol. The number of ether oxygens (including phenoxy) is 1. The highest BCUT2D eigenvalue weighted by Gasteiger charge is 2.25. The predicted molar refractivity (Wildman–Crippen MR) is 130 cm³/mol. The van der Waals surface area contributed by atoms with E-state index in [1.807, 2.05) is 32.9 Å². The van der Waals surface area contributed by atoms with Crippen LogP contribution in [0.2, 0.25) is 0 Å². The minimum absolute atomic E-state index is 0. The van der Waals surface area contributed by atoms with Gasteiger partial charge in [0.15, 0.2) is 5.96 Å². The van der Waals surface area contributed by atoms with E-state index in [4.69, 9.17) is 4.74 Å². The van der Waals surface area contributed by atoms with Crippen molar-refractivity contribution in [3.63, 3.8) is 0 Å². The highest BCUT2D eigenvalue weighted by Crippen LogP contribution is 2.25. The standard InChI is InChI=1S/C20H34N4O3S.HI/c1-5-21-20(22-12-15-28(25,26)24(6-2)7-3)23-13-14-27-19(16-23)18-11-9-8-10-17(18)4;/h8-11,19H,5-7,12-16H2,1-4H3,(H,21,22);1H. The molecule has 0 saturated carbocycles. The molecule has 1 aliphatic heterocycles. The molecule has 0 spiro atoms. The number of hydrogen-bond acceptors (Lipinski definition) is 4. The fraction of sp³-hybridized carbons (Fsp3) is 0.650. The largest absolute Gasteiger partial charge is 0.370 e. The van der Waals surface area contributed by atoms with Gasteiger partial charge in [-0.1, -0.05) is 38.1 Å². The number of nitrogens with zero attached hydrogens (tertiary/aromatic N) is 3. The molecule has 1 fully saturated rings. The van der Waals surface area contributed by atoms with E-state index in [0.717, 1.165) is 19.0 Å². The third-order valence-electron chi connectivity index (χ3n) is 4.95. The molecule has 1 heterocycles. The number of halogens is 1. The molecule has 1 aliphatic rings. The third-order valence-corrected chi connectivity index (χ3v) is 6.95. The smallest absolute Gasteiger partial charge is 0.215 e. The van der Waals surface area contributed by atoms with E-state index in [2.05, 4.69) is 34.3 Å². The van der Waals surface area contributed by atoms with Crippen molar-refractivity contribution in [1.29, 1.82) is 0 Å². The maximum absolute atomic E-state index is 12.4.